The van der Waals surface area contributed by atoms with Crippen LogP contribution in [0.15, 0.2) is 42.6 Å². The monoisotopic (exact) mass is 340 g/mol. The minimum atomic E-state index is 0.0466. The van der Waals surface area contributed by atoms with Crippen LogP contribution in [0, 0.1) is 5.92 Å². The van der Waals surface area contributed by atoms with Gasteiger partial charge < -0.3 is 9.80 Å². The fraction of sp³-hybridized carbons (Fsp3) is 0.500. The highest BCUT2D eigenvalue weighted by molar-refractivity contribution is 5.92. The number of piperidine rings is 1. The molecule has 0 unspecified atom stereocenters. The lowest BCUT2D eigenvalue weighted by Gasteiger charge is -2.34. The lowest BCUT2D eigenvalue weighted by Crippen LogP contribution is -2.42. The molecule has 1 fully saturated rings. The number of rotatable bonds is 5. The summed E-state index contributed by atoms with van der Waals surface area (Å²) < 4.78 is 1.76. The molecular weight excluding hydrogens is 312 g/mol. The lowest BCUT2D eigenvalue weighted by molar-refractivity contribution is 0.0660. The normalized spacial score (nSPS) is 16.0. The quantitative estimate of drug-likeness (QED) is 0.840. The van der Waals surface area contributed by atoms with Crippen molar-refractivity contribution in [3.63, 3.8) is 0 Å². The van der Waals surface area contributed by atoms with Gasteiger partial charge in [0.1, 0.15) is 0 Å². The zero-order valence-electron chi connectivity index (χ0n) is 15.4. The fourth-order valence-electron chi connectivity index (χ4n) is 3.26. The van der Waals surface area contributed by atoms with Crippen LogP contribution in [0.2, 0.25) is 0 Å². The molecule has 0 N–H and O–H groups in total. The standard InChI is InChI=1S/C20H28N4O/c1-16(2)22(3)15-17-9-12-23(13-10-17)20(25)19-11-14-24(21-19)18-7-5-4-6-8-18/h4-8,11,14,16-17H,9-10,12-13,15H2,1-3H3. The maximum Gasteiger partial charge on any atom is 0.274 e. The van der Waals surface area contributed by atoms with Gasteiger partial charge in [0.05, 0.1) is 5.69 Å². The predicted molar refractivity (Wildman–Crippen MR) is 100.0 cm³/mol. The number of hydrogen-bond donors (Lipinski definition) is 0. The summed E-state index contributed by atoms with van der Waals surface area (Å²) in [5.41, 5.74) is 1.50. The van der Waals surface area contributed by atoms with E-state index in [0.717, 1.165) is 38.2 Å². The number of carbonyl (C=O) groups is 1. The van der Waals surface area contributed by atoms with Gasteiger partial charge in [0.15, 0.2) is 5.69 Å². The van der Waals surface area contributed by atoms with Gasteiger partial charge in [-0.1, -0.05) is 18.2 Å². The van der Waals surface area contributed by atoms with Crippen LogP contribution >= 0.6 is 0 Å². The number of hydrogen-bond acceptors (Lipinski definition) is 3. The Morgan fingerprint density at radius 1 is 1.20 bits per heavy atom. The minimum Gasteiger partial charge on any atom is -0.337 e. The Morgan fingerprint density at radius 3 is 2.52 bits per heavy atom. The van der Waals surface area contributed by atoms with Crippen LogP contribution in [0.4, 0.5) is 0 Å². The fourth-order valence-corrected chi connectivity index (χ4v) is 3.26. The van der Waals surface area contributed by atoms with Crippen LogP contribution in [-0.4, -0.2) is 58.2 Å². The highest BCUT2D eigenvalue weighted by Crippen LogP contribution is 2.20. The van der Waals surface area contributed by atoms with Crippen molar-refractivity contribution in [1.82, 2.24) is 19.6 Å². The van der Waals surface area contributed by atoms with E-state index in [2.05, 4.69) is 30.9 Å². The molecule has 1 aromatic carbocycles. The van der Waals surface area contributed by atoms with E-state index in [-0.39, 0.29) is 5.91 Å². The maximum atomic E-state index is 12.7. The second-order valence-corrected chi connectivity index (χ2v) is 7.25. The highest BCUT2D eigenvalue weighted by Gasteiger charge is 2.26. The first-order chi connectivity index (χ1) is 12.0. The van der Waals surface area contributed by atoms with Crippen LogP contribution in [0.5, 0.6) is 0 Å². The van der Waals surface area contributed by atoms with Gasteiger partial charge in [-0.3, -0.25) is 4.79 Å². The van der Waals surface area contributed by atoms with Gasteiger partial charge >= 0.3 is 0 Å². The first kappa shape index (κ1) is 17.7. The number of likely N-dealkylation sites (tertiary alicyclic amines) is 1. The van der Waals surface area contributed by atoms with Crippen molar-refractivity contribution < 1.29 is 4.79 Å². The average Bonchev–Trinajstić information content (AvgIpc) is 3.12. The summed E-state index contributed by atoms with van der Waals surface area (Å²) in [7, 11) is 2.18. The van der Waals surface area contributed by atoms with E-state index in [1.165, 1.54) is 0 Å². The van der Waals surface area contributed by atoms with Gasteiger partial charge in [-0.05, 0) is 57.9 Å². The number of para-hydroxylation sites is 1. The highest BCUT2D eigenvalue weighted by atomic mass is 16.2. The second kappa shape index (κ2) is 7.83. The molecule has 5 nitrogen and oxygen atoms in total. The predicted octanol–water partition coefficient (Wildman–Crippen LogP) is 3.06. The molecule has 0 spiro atoms. The van der Waals surface area contributed by atoms with Crippen molar-refractivity contribution in [3.8, 4) is 5.69 Å². The van der Waals surface area contributed by atoms with E-state index >= 15 is 0 Å². The first-order valence-electron chi connectivity index (χ1n) is 9.15. The summed E-state index contributed by atoms with van der Waals surface area (Å²) in [6, 6.07) is 12.3. The van der Waals surface area contributed by atoms with E-state index in [0.29, 0.717) is 17.7 Å². The van der Waals surface area contributed by atoms with E-state index < -0.39 is 0 Å². The van der Waals surface area contributed by atoms with Crippen LogP contribution in [0.1, 0.15) is 37.2 Å². The van der Waals surface area contributed by atoms with E-state index in [9.17, 15) is 4.79 Å². The van der Waals surface area contributed by atoms with Crippen LogP contribution in [-0.2, 0) is 0 Å². The molecule has 1 aliphatic rings. The summed E-state index contributed by atoms with van der Waals surface area (Å²) in [5, 5.41) is 4.46. The Hall–Kier alpha value is -2.14. The smallest absolute Gasteiger partial charge is 0.274 e. The van der Waals surface area contributed by atoms with Crippen molar-refractivity contribution >= 4 is 5.91 Å². The summed E-state index contributed by atoms with van der Waals surface area (Å²) in [6.07, 6.45) is 4.00. The summed E-state index contributed by atoms with van der Waals surface area (Å²) in [4.78, 5) is 17.1. The van der Waals surface area contributed by atoms with Crippen molar-refractivity contribution in [2.24, 2.45) is 5.92 Å². The molecule has 1 saturated heterocycles. The number of amides is 1. The molecule has 1 amide bonds. The number of carbonyl (C=O) groups excluding carboxylic acids is 1. The van der Waals surface area contributed by atoms with Gasteiger partial charge in [0.25, 0.3) is 5.91 Å². The Bertz CT molecular complexity index is 687. The van der Waals surface area contributed by atoms with Crippen molar-refractivity contribution in [3.05, 3.63) is 48.3 Å². The molecular formula is C20H28N4O. The summed E-state index contributed by atoms with van der Waals surface area (Å²) in [6.45, 7) is 7.22. The summed E-state index contributed by atoms with van der Waals surface area (Å²) in [5.74, 6) is 0.726. The molecule has 0 bridgehead atoms. The molecule has 1 aliphatic heterocycles. The Labute approximate surface area is 150 Å². The first-order valence-corrected chi connectivity index (χ1v) is 9.15. The number of nitrogens with zero attached hydrogens (tertiary/aromatic N) is 4. The third-order valence-electron chi connectivity index (χ3n) is 5.16. The van der Waals surface area contributed by atoms with E-state index in [4.69, 9.17) is 0 Å². The number of aromatic nitrogens is 2. The van der Waals surface area contributed by atoms with Gasteiger partial charge in [0.2, 0.25) is 0 Å². The third-order valence-corrected chi connectivity index (χ3v) is 5.16. The molecule has 2 heterocycles. The van der Waals surface area contributed by atoms with Gasteiger partial charge in [-0.2, -0.15) is 5.10 Å². The SMILES string of the molecule is CC(C)N(C)CC1CCN(C(=O)c2ccn(-c3ccccc3)n2)CC1. The average molecular weight is 340 g/mol. The van der Waals surface area contributed by atoms with Crippen molar-refractivity contribution in [2.45, 2.75) is 32.7 Å². The van der Waals surface area contributed by atoms with Crippen LogP contribution in [0.3, 0.4) is 0 Å². The topological polar surface area (TPSA) is 41.4 Å². The molecule has 2 aromatic rings. The zero-order valence-corrected chi connectivity index (χ0v) is 15.4. The van der Waals surface area contributed by atoms with E-state index in [1.807, 2.05) is 47.5 Å². The number of benzene rings is 1. The molecule has 0 atom stereocenters. The molecule has 0 aliphatic carbocycles. The molecule has 5 heteroatoms. The van der Waals surface area contributed by atoms with Gasteiger partial charge in [-0.15, -0.1) is 0 Å². The Morgan fingerprint density at radius 2 is 1.88 bits per heavy atom. The Balaban J connectivity index is 1.57. The molecule has 25 heavy (non-hydrogen) atoms. The maximum absolute atomic E-state index is 12.7. The van der Waals surface area contributed by atoms with Gasteiger partial charge in [-0.25, -0.2) is 4.68 Å². The molecule has 134 valence electrons. The van der Waals surface area contributed by atoms with Crippen molar-refractivity contribution in [1.29, 1.82) is 0 Å². The lowest BCUT2D eigenvalue weighted by atomic mass is 9.95. The minimum absolute atomic E-state index is 0.0466. The largest absolute Gasteiger partial charge is 0.337 e. The Kier molecular flexibility index (Phi) is 5.53. The van der Waals surface area contributed by atoms with Crippen LogP contribution < -0.4 is 0 Å². The molecule has 3 rings (SSSR count). The van der Waals surface area contributed by atoms with Crippen molar-refractivity contribution in [2.75, 3.05) is 26.7 Å². The molecule has 0 radical (unpaired) electrons. The summed E-state index contributed by atoms with van der Waals surface area (Å²) >= 11 is 0. The molecule has 0 saturated carbocycles. The van der Waals surface area contributed by atoms with E-state index in [1.54, 1.807) is 4.68 Å². The third kappa shape index (κ3) is 4.28. The molecule has 1 aromatic heterocycles. The van der Waals surface area contributed by atoms with Crippen LogP contribution in [0.25, 0.3) is 5.69 Å². The van der Waals surface area contributed by atoms with Gasteiger partial charge in [0, 0.05) is 31.9 Å². The zero-order chi connectivity index (χ0) is 17.8. The second-order valence-electron chi connectivity index (χ2n) is 7.25.